The Morgan fingerprint density at radius 2 is 1.27 bits per heavy atom. The third-order valence-electron chi connectivity index (χ3n) is 7.42. The highest BCUT2D eigenvalue weighted by atomic mass is 16.6. The van der Waals surface area contributed by atoms with Crippen LogP contribution in [0.15, 0.2) is 48.5 Å². The lowest BCUT2D eigenvalue weighted by atomic mass is 9.89. The van der Waals surface area contributed by atoms with Crippen LogP contribution in [0.2, 0.25) is 0 Å². The van der Waals surface area contributed by atoms with Crippen LogP contribution in [0.4, 0.5) is 0 Å². The zero-order chi connectivity index (χ0) is 26.5. The number of aliphatic hydroxyl groups is 8. The molecule has 2 unspecified atom stereocenters. The molecule has 3 aliphatic rings. The number of rotatable bonds is 3. The summed E-state index contributed by atoms with van der Waals surface area (Å²) in [5, 5.41) is 81.0. The lowest BCUT2D eigenvalue weighted by molar-refractivity contribution is -0.244. The standard InChI is InChI=1S/C27H30O10/c28-12-17-19(30)20(31)21(32)24(36-17)15-5-1-3-13(9-15)7-8-14-4-2-6-16(10-14)25-22(33)23(34)26(35)27(37-25)11-18(27)29/h1-6,9-10,17-26,28-35H,11-12H2/t17-,18?,19-,20+,21+,22+,23-,24-,25-,26+,27?/m1/s1. The molecular weight excluding hydrogens is 484 g/mol. The van der Waals surface area contributed by atoms with E-state index >= 15 is 0 Å². The van der Waals surface area contributed by atoms with Crippen molar-refractivity contribution in [2.45, 2.75) is 73.1 Å². The van der Waals surface area contributed by atoms with Gasteiger partial charge in [0.15, 0.2) is 0 Å². The van der Waals surface area contributed by atoms with Crippen LogP contribution in [0, 0.1) is 11.8 Å². The summed E-state index contributed by atoms with van der Waals surface area (Å²) in [6.45, 7) is -0.521. The Kier molecular flexibility index (Phi) is 7.12. The van der Waals surface area contributed by atoms with Gasteiger partial charge in [-0.15, -0.1) is 0 Å². The van der Waals surface area contributed by atoms with Gasteiger partial charge in [0.2, 0.25) is 0 Å². The molecule has 10 nitrogen and oxygen atoms in total. The van der Waals surface area contributed by atoms with Crippen LogP contribution in [0.25, 0.3) is 0 Å². The van der Waals surface area contributed by atoms with Crippen LogP contribution >= 0.6 is 0 Å². The summed E-state index contributed by atoms with van der Waals surface area (Å²) in [6, 6.07) is 13.7. The number of hydrogen-bond acceptors (Lipinski definition) is 10. The van der Waals surface area contributed by atoms with Crippen molar-refractivity contribution in [1.82, 2.24) is 0 Å². The second kappa shape index (κ2) is 10.1. The molecular formula is C27H30O10. The Hall–Kier alpha value is -2.40. The minimum atomic E-state index is -1.48. The van der Waals surface area contributed by atoms with E-state index in [1.54, 1.807) is 48.5 Å². The van der Waals surface area contributed by atoms with Gasteiger partial charge in [0.1, 0.15) is 60.5 Å². The van der Waals surface area contributed by atoms with Gasteiger partial charge in [-0.1, -0.05) is 36.1 Å². The largest absolute Gasteiger partial charge is 0.394 e. The van der Waals surface area contributed by atoms with E-state index in [0.29, 0.717) is 22.3 Å². The lowest BCUT2D eigenvalue weighted by Crippen LogP contribution is -2.56. The number of benzene rings is 2. The van der Waals surface area contributed by atoms with E-state index in [2.05, 4.69) is 11.8 Å². The smallest absolute Gasteiger partial charge is 0.126 e. The van der Waals surface area contributed by atoms with Crippen LogP contribution in [0.3, 0.4) is 0 Å². The third-order valence-corrected chi connectivity index (χ3v) is 7.42. The molecule has 2 heterocycles. The first-order valence-corrected chi connectivity index (χ1v) is 12.1. The summed E-state index contributed by atoms with van der Waals surface area (Å²) < 4.78 is 11.5. The van der Waals surface area contributed by atoms with Gasteiger partial charge in [0.05, 0.1) is 12.7 Å². The molecule has 0 aromatic heterocycles. The molecule has 1 aliphatic carbocycles. The maximum Gasteiger partial charge on any atom is 0.126 e. The van der Waals surface area contributed by atoms with Crippen molar-refractivity contribution in [3.05, 3.63) is 70.8 Å². The third kappa shape index (κ3) is 4.69. The molecule has 0 amide bonds. The van der Waals surface area contributed by atoms with E-state index < -0.39 is 73.2 Å². The molecule has 11 atom stereocenters. The minimum Gasteiger partial charge on any atom is -0.394 e. The molecule has 2 aromatic rings. The van der Waals surface area contributed by atoms with E-state index in [-0.39, 0.29) is 6.42 Å². The normalized spacial score (nSPS) is 41.2. The number of aliphatic hydroxyl groups excluding tert-OH is 8. The first-order chi connectivity index (χ1) is 17.7. The second-order valence-electron chi connectivity index (χ2n) is 9.89. The van der Waals surface area contributed by atoms with Crippen molar-refractivity contribution in [1.29, 1.82) is 0 Å². The number of ether oxygens (including phenoxy) is 2. The first kappa shape index (κ1) is 26.2. The van der Waals surface area contributed by atoms with Crippen LogP contribution < -0.4 is 0 Å². The maximum absolute atomic E-state index is 10.5. The van der Waals surface area contributed by atoms with Gasteiger partial charge >= 0.3 is 0 Å². The summed E-state index contributed by atoms with van der Waals surface area (Å²) in [6.07, 6.45) is -12.3. The Morgan fingerprint density at radius 1 is 0.730 bits per heavy atom. The van der Waals surface area contributed by atoms with E-state index in [4.69, 9.17) is 9.47 Å². The monoisotopic (exact) mass is 514 g/mol. The average Bonchev–Trinajstić information content (AvgIpc) is 3.57. The molecule has 1 spiro atoms. The molecule has 0 bridgehead atoms. The Morgan fingerprint density at radius 3 is 1.81 bits per heavy atom. The fourth-order valence-electron chi connectivity index (χ4n) is 5.09. The highest BCUT2D eigenvalue weighted by Crippen LogP contribution is 2.52. The topological polar surface area (TPSA) is 180 Å². The quantitative estimate of drug-likeness (QED) is 0.219. The molecule has 2 saturated heterocycles. The molecule has 1 saturated carbocycles. The Balaban J connectivity index is 1.36. The van der Waals surface area contributed by atoms with Crippen molar-refractivity contribution in [2.24, 2.45) is 0 Å². The van der Waals surface area contributed by atoms with Gasteiger partial charge < -0.3 is 50.3 Å². The molecule has 3 fully saturated rings. The van der Waals surface area contributed by atoms with Gasteiger partial charge in [0.25, 0.3) is 0 Å². The van der Waals surface area contributed by atoms with Crippen LogP contribution in [0.1, 0.15) is 40.9 Å². The zero-order valence-electron chi connectivity index (χ0n) is 19.7. The Labute approximate surface area is 213 Å². The SMILES string of the molecule is OC[C@H]1O[C@H](c2cccc(C#Cc3cccc([C@H]4OC5(CC5O)[C@@H](O)[C@H](O)[C@@H]4O)c3)c2)[C@@H](O)[C@@H](O)[C@@H]1O. The molecule has 8 N–H and O–H groups in total. The second-order valence-corrected chi connectivity index (χ2v) is 9.89. The van der Waals surface area contributed by atoms with Gasteiger partial charge in [-0.3, -0.25) is 0 Å². The summed E-state index contributed by atoms with van der Waals surface area (Å²) >= 11 is 0. The van der Waals surface area contributed by atoms with Crippen molar-refractivity contribution >= 4 is 0 Å². The van der Waals surface area contributed by atoms with Crippen molar-refractivity contribution < 1.29 is 50.3 Å². The molecule has 0 radical (unpaired) electrons. The fraction of sp³-hybridized carbons (Fsp3) is 0.481. The average molecular weight is 515 g/mol. The predicted molar refractivity (Wildman–Crippen MR) is 127 cm³/mol. The maximum atomic E-state index is 10.5. The van der Waals surface area contributed by atoms with E-state index in [0.717, 1.165) is 0 Å². The summed E-state index contributed by atoms with van der Waals surface area (Å²) in [5.74, 6) is 6.03. The number of hydrogen-bond donors (Lipinski definition) is 8. The van der Waals surface area contributed by atoms with Crippen molar-refractivity contribution in [3.63, 3.8) is 0 Å². The van der Waals surface area contributed by atoms with E-state index in [9.17, 15) is 40.9 Å². The highest BCUT2D eigenvalue weighted by Gasteiger charge is 2.67. The van der Waals surface area contributed by atoms with Gasteiger partial charge in [0, 0.05) is 17.5 Å². The summed E-state index contributed by atoms with van der Waals surface area (Å²) in [7, 11) is 0. The van der Waals surface area contributed by atoms with Gasteiger partial charge in [-0.25, -0.2) is 0 Å². The van der Waals surface area contributed by atoms with Crippen LogP contribution in [-0.2, 0) is 9.47 Å². The van der Waals surface area contributed by atoms with E-state index in [1.807, 2.05) is 0 Å². The molecule has 37 heavy (non-hydrogen) atoms. The molecule has 198 valence electrons. The van der Waals surface area contributed by atoms with Crippen LogP contribution in [0.5, 0.6) is 0 Å². The molecule has 10 heteroatoms. The molecule has 5 rings (SSSR count). The van der Waals surface area contributed by atoms with Gasteiger partial charge in [-0.05, 0) is 35.4 Å². The first-order valence-electron chi connectivity index (χ1n) is 12.1. The minimum absolute atomic E-state index is 0.165. The summed E-state index contributed by atoms with van der Waals surface area (Å²) in [4.78, 5) is 0. The fourth-order valence-corrected chi connectivity index (χ4v) is 5.09. The predicted octanol–water partition coefficient (Wildman–Crippen LogP) is -1.74. The van der Waals surface area contributed by atoms with Crippen LogP contribution in [-0.4, -0.2) is 102 Å². The lowest BCUT2D eigenvalue weighted by Gasteiger charge is -2.41. The van der Waals surface area contributed by atoms with Crippen molar-refractivity contribution in [2.75, 3.05) is 6.61 Å². The zero-order valence-corrected chi connectivity index (χ0v) is 19.7. The molecule has 2 aliphatic heterocycles. The summed E-state index contributed by atoms with van der Waals surface area (Å²) in [5.41, 5.74) is 0.899. The van der Waals surface area contributed by atoms with Gasteiger partial charge in [-0.2, -0.15) is 0 Å². The van der Waals surface area contributed by atoms with Crippen molar-refractivity contribution in [3.8, 4) is 11.8 Å². The molecule has 2 aromatic carbocycles. The highest BCUT2D eigenvalue weighted by molar-refractivity contribution is 5.46. The van der Waals surface area contributed by atoms with E-state index in [1.165, 1.54) is 0 Å². The Bertz CT molecular complexity index is 1190.